The first-order valence-electron chi connectivity index (χ1n) is 5.14. The van der Waals surface area contributed by atoms with Gasteiger partial charge in [0.05, 0.1) is 12.1 Å². The van der Waals surface area contributed by atoms with Crippen molar-refractivity contribution < 1.29 is 13.7 Å². The van der Waals surface area contributed by atoms with Crippen LogP contribution in [0.15, 0.2) is 52.3 Å². The molecule has 0 aromatic heterocycles. The SMILES string of the molecule is CSc1ccc(Oc2cc(SF)ccc2[O])cc1. The normalized spacial score (nSPS) is 10.3. The summed E-state index contributed by atoms with van der Waals surface area (Å²) in [5.41, 5.74) is 0. The quantitative estimate of drug-likeness (QED) is 0.710. The summed E-state index contributed by atoms with van der Waals surface area (Å²) >= 11 is 1.71. The third-order valence-electron chi connectivity index (χ3n) is 2.29. The van der Waals surface area contributed by atoms with Gasteiger partial charge in [-0.3, -0.25) is 5.11 Å². The minimum Gasteiger partial charge on any atom is -0.453 e. The van der Waals surface area contributed by atoms with Crippen LogP contribution in [0.1, 0.15) is 0 Å². The number of hydrogen-bond donors (Lipinski definition) is 0. The minimum atomic E-state index is -0.262. The topological polar surface area (TPSA) is 29.1 Å². The van der Waals surface area contributed by atoms with E-state index >= 15 is 0 Å². The van der Waals surface area contributed by atoms with Gasteiger partial charge in [0.2, 0.25) is 5.75 Å². The molecule has 2 nitrogen and oxygen atoms in total. The Balaban J connectivity index is 2.21. The maximum Gasteiger partial charge on any atom is 0.221 e. The Morgan fingerprint density at radius 2 is 1.72 bits per heavy atom. The summed E-state index contributed by atoms with van der Waals surface area (Å²) in [5.74, 6) is 0.433. The number of hydrogen-bond acceptors (Lipinski definition) is 3. The molecule has 0 aliphatic carbocycles. The zero-order chi connectivity index (χ0) is 13.0. The highest BCUT2D eigenvalue weighted by molar-refractivity contribution is 7.98. The fraction of sp³-hybridized carbons (Fsp3) is 0.0769. The molecule has 93 valence electrons. The lowest BCUT2D eigenvalue weighted by Crippen LogP contribution is -1.85. The van der Waals surface area contributed by atoms with E-state index in [1.54, 1.807) is 23.9 Å². The van der Waals surface area contributed by atoms with Gasteiger partial charge in [-0.25, -0.2) is 0 Å². The van der Waals surface area contributed by atoms with Crippen molar-refractivity contribution in [3.8, 4) is 17.2 Å². The zero-order valence-electron chi connectivity index (χ0n) is 9.55. The molecule has 0 saturated carbocycles. The molecule has 0 heterocycles. The molecule has 0 aliphatic rings. The smallest absolute Gasteiger partial charge is 0.221 e. The van der Waals surface area contributed by atoms with Crippen molar-refractivity contribution in [2.45, 2.75) is 9.79 Å². The van der Waals surface area contributed by atoms with Gasteiger partial charge in [0, 0.05) is 15.9 Å². The number of rotatable bonds is 4. The van der Waals surface area contributed by atoms with E-state index in [9.17, 15) is 8.99 Å². The Kier molecular flexibility index (Phi) is 4.38. The highest BCUT2D eigenvalue weighted by Crippen LogP contribution is 2.35. The van der Waals surface area contributed by atoms with Crippen molar-refractivity contribution in [3.63, 3.8) is 0 Å². The number of ether oxygens (including phenoxy) is 1. The summed E-state index contributed by atoms with van der Waals surface area (Å²) in [5, 5.41) is 11.6. The maximum absolute atomic E-state index is 12.4. The summed E-state index contributed by atoms with van der Waals surface area (Å²) in [6.45, 7) is 0. The van der Waals surface area contributed by atoms with Crippen LogP contribution in [-0.4, -0.2) is 6.26 Å². The highest BCUT2D eigenvalue weighted by Gasteiger charge is 2.08. The predicted octanol–water partition coefficient (Wildman–Crippen LogP) is 5.32. The molecule has 0 N–H and O–H groups in total. The monoisotopic (exact) mass is 281 g/mol. The van der Waals surface area contributed by atoms with E-state index in [1.165, 1.54) is 18.2 Å². The molecule has 2 aromatic carbocycles. The van der Waals surface area contributed by atoms with E-state index in [0.717, 1.165) is 4.90 Å². The van der Waals surface area contributed by atoms with E-state index < -0.39 is 0 Å². The van der Waals surface area contributed by atoms with Gasteiger partial charge in [0.25, 0.3) is 0 Å². The standard InChI is InChI=1S/C13H10FO2S2/c1-17-10-4-2-9(3-5-10)16-13-8-11(18-14)6-7-12(13)15/h2-8H,1H3. The molecule has 0 atom stereocenters. The largest absolute Gasteiger partial charge is 0.453 e. The second-order valence-electron chi connectivity index (χ2n) is 3.46. The van der Waals surface area contributed by atoms with Gasteiger partial charge in [-0.15, -0.1) is 11.8 Å². The lowest BCUT2D eigenvalue weighted by Gasteiger charge is -2.07. The van der Waals surface area contributed by atoms with Gasteiger partial charge in [-0.05, 0) is 42.7 Å². The third kappa shape index (κ3) is 3.11. The molecule has 0 unspecified atom stereocenters. The number of halogens is 1. The average molecular weight is 281 g/mol. The molecule has 0 bridgehead atoms. The Morgan fingerprint density at radius 3 is 2.33 bits per heavy atom. The van der Waals surface area contributed by atoms with Crippen LogP contribution in [0.5, 0.6) is 17.2 Å². The molecule has 5 heteroatoms. The van der Waals surface area contributed by atoms with Crippen LogP contribution < -0.4 is 4.74 Å². The first-order valence-corrected chi connectivity index (χ1v) is 7.08. The van der Waals surface area contributed by atoms with Crippen LogP contribution in [0.2, 0.25) is 0 Å². The van der Waals surface area contributed by atoms with Gasteiger partial charge in [0.1, 0.15) is 5.75 Å². The minimum absolute atomic E-state index is 0.0861. The van der Waals surface area contributed by atoms with Crippen molar-refractivity contribution >= 4 is 23.9 Å². The van der Waals surface area contributed by atoms with Crippen molar-refractivity contribution in [1.82, 2.24) is 0 Å². The fourth-order valence-electron chi connectivity index (χ4n) is 1.39. The Morgan fingerprint density at radius 1 is 1.06 bits per heavy atom. The third-order valence-corrected chi connectivity index (χ3v) is 3.47. The molecule has 0 amide bonds. The van der Waals surface area contributed by atoms with E-state index in [2.05, 4.69) is 0 Å². The molecular weight excluding hydrogens is 271 g/mol. The van der Waals surface area contributed by atoms with E-state index in [-0.39, 0.29) is 23.6 Å². The van der Waals surface area contributed by atoms with Crippen molar-refractivity contribution in [1.29, 1.82) is 0 Å². The van der Waals surface area contributed by atoms with Crippen molar-refractivity contribution in [2.24, 2.45) is 0 Å². The number of benzene rings is 2. The van der Waals surface area contributed by atoms with Gasteiger partial charge in [-0.1, -0.05) is 0 Å². The summed E-state index contributed by atoms with van der Waals surface area (Å²) in [4.78, 5) is 1.46. The van der Waals surface area contributed by atoms with Crippen LogP contribution >= 0.6 is 23.9 Å². The van der Waals surface area contributed by atoms with Crippen molar-refractivity contribution in [3.05, 3.63) is 42.5 Å². The summed E-state index contributed by atoms with van der Waals surface area (Å²) in [6.07, 6.45) is 1.98. The fourth-order valence-corrected chi connectivity index (χ4v) is 2.07. The second kappa shape index (κ2) is 6.02. The van der Waals surface area contributed by atoms with Gasteiger partial charge >= 0.3 is 0 Å². The molecule has 1 radical (unpaired) electrons. The summed E-state index contributed by atoms with van der Waals surface area (Å²) in [6, 6.07) is 11.5. The maximum atomic E-state index is 12.4. The van der Waals surface area contributed by atoms with Crippen LogP contribution in [0, 0.1) is 0 Å². The Hall–Kier alpha value is -1.33. The molecule has 18 heavy (non-hydrogen) atoms. The van der Waals surface area contributed by atoms with Crippen LogP contribution in [0.4, 0.5) is 3.89 Å². The van der Waals surface area contributed by atoms with Crippen LogP contribution in [-0.2, 0) is 5.11 Å². The molecule has 2 aromatic rings. The summed E-state index contributed by atoms with van der Waals surface area (Å²) < 4.78 is 17.9. The van der Waals surface area contributed by atoms with Gasteiger partial charge in [-0.2, -0.15) is 3.89 Å². The molecule has 0 aliphatic heterocycles. The highest BCUT2D eigenvalue weighted by atomic mass is 32.2. The average Bonchev–Trinajstić information content (AvgIpc) is 2.42. The molecule has 0 fully saturated rings. The lowest BCUT2D eigenvalue weighted by atomic mass is 10.3. The van der Waals surface area contributed by atoms with Crippen molar-refractivity contribution in [2.75, 3.05) is 6.26 Å². The van der Waals surface area contributed by atoms with E-state index in [4.69, 9.17) is 4.74 Å². The van der Waals surface area contributed by atoms with E-state index in [1.807, 2.05) is 18.4 Å². The zero-order valence-corrected chi connectivity index (χ0v) is 11.2. The predicted molar refractivity (Wildman–Crippen MR) is 71.8 cm³/mol. The first kappa shape index (κ1) is 13.1. The van der Waals surface area contributed by atoms with E-state index in [0.29, 0.717) is 10.6 Å². The molecule has 0 saturated heterocycles. The van der Waals surface area contributed by atoms with Crippen LogP contribution in [0.3, 0.4) is 0 Å². The van der Waals surface area contributed by atoms with Crippen LogP contribution in [0.25, 0.3) is 0 Å². The lowest BCUT2D eigenvalue weighted by molar-refractivity contribution is 0.328. The Labute approximate surface area is 113 Å². The van der Waals surface area contributed by atoms with Gasteiger partial charge in [0.15, 0.2) is 5.75 Å². The van der Waals surface area contributed by atoms with Gasteiger partial charge < -0.3 is 4.74 Å². The first-order chi connectivity index (χ1) is 8.72. The summed E-state index contributed by atoms with van der Waals surface area (Å²) in [7, 11) is 0. The second-order valence-corrected chi connectivity index (χ2v) is 4.97. The molecular formula is C13H10FO2S2. The number of thioether (sulfide) groups is 1. The molecule has 0 spiro atoms. The molecule has 2 rings (SSSR count). The Bertz CT molecular complexity index is 529.